The number of pyridine rings is 1. The van der Waals surface area contributed by atoms with Gasteiger partial charge < -0.3 is 4.90 Å². The molecule has 4 heterocycles. The molecule has 0 amide bonds. The molecule has 32 heavy (non-hydrogen) atoms. The van der Waals surface area contributed by atoms with Gasteiger partial charge in [0.05, 0.1) is 30.4 Å². The second-order valence-electron chi connectivity index (χ2n) is 8.61. The molecule has 4 aromatic rings. The zero-order valence-corrected chi connectivity index (χ0v) is 18.6. The van der Waals surface area contributed by atoms with Crippen molar-refractivity contribution in [1.82, 2.24) is 29.4 Å². The van der Waals surface area contributed by atoms with Gasteiger partial charge in [0.1, 0.15) is 0 Å². The molecule has 7 nitrogen and oxygen atoms in total. The standard InChI is InChI=1S/C25H28N6O/c1-3-30-8-6-24(7-9-30)31-17-22(15-28-31)25(32)12-23-11-20-10-18(4-5-19(20)13-26-23)21-14-27-29(2)16-21/h4-5,10-11,13-17,24H,3,6-9,12H2,1-2H3. The number of hydrogen-bond donors (Lipinski definition) is 0. The van der Waals surface area contributed by atoms with E-state index >= 15 is 0 Å². The van der Waals surface area contributed by atoms with Gasteiger partial charge in [-0.1, -0.05) is 19.1 Å². The Morgan fingerprint density at radius 3 is 2.59 bits per heavy atom. The number of aromatic nitrogens is 5. The van der Waals surface area contributed by atoms with Crippen molar-refractivity contribution in [3.63, 3.8) is 0 Å². The molecule has 5 rings (SSSR count). The minimum Gasteiger partial charge on any atom is -0.303 e. The number of fused-ring (bicyclic) bond motifs is 1. The lowest BCUT2D eigenvalue weighted by atomic mass is 10.0. The van der Waals surface area contributed by atoms with Crippen molar-refractivity contribution in [3.8, 4) is 11.1 Å². The van der Waals surface area contributed by atoms with Gasteiger partial charge in [0.2, 0.25) is 0 Å². The fourth-order valence-corrected chi connectivity index (χ4v) is 4.48. The molecule has 1 fully saturated rings. The van der Waals surface area contributed by atoms with Crippen LogP contribution in [0.2, 0.25) is 0 Å². The van der Waals surface area contributed by atoms with E-state index < -0.39 is 0 Å². The maximum Gasteiger partial charge on any atom is 0.171 e. The highest BCUT2D eigenvalue weighted by Crippen LogP contribution is 2.25. The average molecular weight is 429 g/mol. The minimum absolute atomic E-state index is 0.0532. The Bertz CT molecular complexity index is 1250. The SMILES string of the molecule is CCN1CCC(n2cc(C(=O)Cc3cc4cc(-c5cnn(C)c5)ccc4cn3)cn2)CC1. The highest BCUT2D eigenvalue weighted by Gasteiger charge is 2.21. The summed E-state index contributed by atoms with van der Waals surface area (Å²) < 4.78 is 3.78. The molecular weight excluding hydrogens is 400 g/mol. The zero-order valence-electron chi connectivity index (χ0n) is 18.6. The Hall–Kier alpha value is -3.32. The Kier molecular flexibility index (Phi) is 5.57. The molecule has 3 aromatic heterocycles. The first-order chi connectivity index (χ1) is 15.6. The molecule has 1 aliphatic heterocycles. The van der Waals surface area contributed by atoms with E-state index in [1.807, 2.05) is 42.6 Å². The van der Waals surface area contributed by atoms with E-state index in [4.69, 9.17) is 0 Å². The summed E-state index contributed by atoms with van der Waals surface area (Å²) in [5.41, 5.74) is 3.61. The van der Waals surface area contributed by atoms with Gasteiger partial charge in [-0.25, -0.2) is 0 Å². The second-order valence-corrected chi connectivity index (χ2v) is 8.61. The summed E-state index contributed by atoms with van der Waals surface area (Å²) in [4.78, 5) is 19.9. The molecule has 0 aliphatic carbocycles. The van der Waals surface area contributed by atoms with E-state index in [2.05, 4.69) is 45.2 Å². The molecule has 0 bridgehead atoms. The van der Waals surface area contributed by atoms with Crippen LogP contribution >= 0.6 is 0 Å². The van der Waals surface area contributed by atoms with Gasteiger partial charge in [0.25, 0.3) is 0 Å². The van der Waals surface area contributed by atoms with Crippen LogP contribution in [0.1, 0.15) is 41.9 Å². The van der Waals surface area contributed by atoms with Crippen LogP contribution in [0.4, 0.5) is 0 Å². The van der Waals surface area contributed by atoms with Crippen LogP contribution in [0.3, 0.4) is 0 Å². The van der Waals surface area contributed by atoms with Crippen LogP contribution in [0.25, 0.3) is 21.9 Å². The first-order valence-electron chi connectivity index (χ1n) is 11.3. The molecule has 1 saturated heterocycles. The van der Waals surface area contributed by atoms with E-state index in [1.165, 1.54) is 0 Å². The smallest absolute Gasteiger partial charge is 0.171 e. The van der Waals surface area contributed by atoms with Crippen molar-refractivity contribution in [2.75, 3.05) is 19.6 Å². The number of nitrogens with zero attached hydrogens (tertiary/aromatic N) is 6. The van der Waals surface area contributed by atoms with E-state index in [0.29, 0.717) is 11.6 Å². The van der Waals surface area contributed by atoms with E-state index in [1.54, 1.807) is 10.9 Å². The van der Waals surface area contributed by atoms with Crippen LogP contribution in [0.5, 0.6) is 0 Å². The van der Waals surface area contributed by atoms with Crippen molar-refractivity contribution in [2.24, 2.45) is 7.05 Å². The predicted molar refractivity (Wildman–Crippen MR) is 125 cm³/mol. The van der Waals surface area contributed by atoms with Gasteiger partial charge in [0.15, 0.2) is 5.78 Å². The molecule has 1 aromatic carbocycles. The predicted octanol–water partition coefficient (Wildman–Crippen LogP) is 3.91. The van der Waals surface area contributed by atoms with E-state index in [-0.39, 0.29) is 12.2 Å². The summed E-state index contributed by atoms with van der Waals surface area (Å²) >= 11 is 0. The topological polar surface area (TPSA) is 68.8 Å². The number of rotatable bonds is 6. The average Bonchev–Trinajstić information content (AvgIpc) is 3.48. The molecule has 0 spiro atoms. The number of hydrogen-bond acceptors (Lipinski definition) is 5. The quantitative estimate of drug-likeness (QED) is 0.436. The van der Waals surface area contributed by atoms with Crippen molar-refractivity contribution in [1.29, 1.82) is 0 Å². The van der Waals surface area contributed by atoms with Gasteiger partial charge >= 0.3 is 0 Å². The normalized spacial score (nSPS) is 15.4. The highest BCUT2D eigenvalue weighted by molar-refractivity contribution is 5.97. The summed E-state index contributed by atoms with van der Waals surface area (Å²) in [5, 5.41) is 10.9. The van der Waals surface area contributed by atoms with Crippen LogP contribution < -0.4 is 0 Å². The zero-order chi connectivity index (χ0) is 22.1. The number of ketones is 1. The van der Waals surface area contributed by atoms with Gasteiger partial charge in [-0.2, -0.15) is 10.2 Å². The summed E-state index contributed by atoms with van der Waals surface area (Å²) in [6, 6.07) is 8.65. The Morgan fingerprint density at radius 1 is 1.00 bits per heavy atom. The molecule has 164 valence electrons. The molecule has 0 radical (unpaired) electrons. The molecule has 7 heteroatoms. The van der Waals surface area contributed by atoms with Gasteiger partial charge in [-0.05, 0) is 42.5 Å². The van der Waals surface area contributed by atoms with E-state index in [9.17, 15) is 4.79 Å². The molecule has 0 N–H and O–H groups in total. The van der Waals surface area contributed by atoms with Crippen LogP contribution in [-0.4, -0.2) is 54.9 Å². The third-order valence-corrected chi connectivity index (χ3v) is 6.46. The fourth-order valence-electron chi connectivity index (χ4n) is 4.48. The van der Waals surface area contributed by atoms with Crippen molar-refractivity contribution < 1.29 is 4.79 Å². The number of Topliss-reactive ketones (excluding diaryl/α,β-unsaturated/α-hetero) is 1. The monoisotopic (exact) mass is 428 g/mol. The van der Waals surface area contributed by atoms with Crippen molar-refractivity contribution in [2.45, 2.75) is 32.2 Å². The lowest BCUT2D eigenvalue weighted by Gasteiger charge is -2.31. The van der Waals surface area contributed by atoms with Gasteiger partial charge in [-0.15, -0.1) is 0 Å². The van der Waals surface area contributed by atoms with Crippen LogP contribution in [0, 0.1) is 0 Å². The summed E-state index contributed by atoms with van der Waals surface area (Å²) in [6.07, 6.45) is 11.7. The highest BCUT2D eigenvalue weighted by atomic mass is 16.1. The van der Waals surface area contributed by atoms with Crippen molar-refractivity contribution >= 4 is 16.6 Å². The van der Waals surface area contributed by atoms with Crippen LogP contribution in [0.15, 0.2) is 55.2 Å². The summed E-state index contributed by atoms with van der Waals surface area (Å²) in [7, 11) is 1.91. The molecule has 0 atom stereocenters. The number of carbonyl (C=O) groups is 1. The largest absolute Gasteiger partial charge is 0.303 e. The fraction of sp³-hybridized carbons (Fsp3) is 0.360. The van der Waals surface area contributed by atoms with Gasteiger partial charge in [0, 0.05) is 55.4 Å². The molecule has 0 unspecified atom stereocenters. The van der Waals surface area contributed by atoms with Crippen molar-refractivity contribution in [3.05, 3.63) is 66.5 Å². The maximum absolute atomic E-state index is 12.9. The molecule has 0 saturated carbocycles. The number of piperidine rings is 1. The molecule has 1 aliphatic rings. The Balaban J connectivity index is 1.31. The summed E-state index contributed by atoms with van der Waals surface area (Å²) in [5.74, 6) is 0.0532. The minimum atomic E-state index is 0.0532. The second kappa shape index (κ2) is 8.67. The van der Waals surface area contributed by atoms with Gasteiger partial charge in [-0.3, -0.25) is 19.1 Å². The number of likely N-dealkylation sites (tertiary alicyclic amines) is 1. The number of benzene rings is 1. The third kappa shape index (κ3) is 4.21. The maximum atomic E-state index is 12.9. The Labute approximate surface area is 187 Å². The summed E-state index contributed by atoms with van der Waals surface area (Å²) in [6.45, 7) is 5.47. The lowest BCUT2D eigenvalue weighted by molar-refractivity contribution is 0.0991. The van der Waals surface area contributed by atoms with Crippen LogP contribution in [-0.2, 0) is 13.5 Å². The van der Waals surface area contributed by atoms with E-state index in [0.717, 1.165) is 60.1 Å². The first kappa shape index (κ1) is 20.6. The molecular formula is C25H28N6O. The third-order valence-electron chi connectivity index (χ3n) is 6.46. The lowest BCUT2D eigenvalue weighted by Crippen LogP contribution is -2.34. The number of carbonyl (C=O) groups excluding carboxylic acids is 1. The first-order valence-corrected chi connectivity index (χ1v) is 11.3. The number of aryl methyl sites for hydroxylation is 1. The Morgan fingerprint density at radius 2 is 1.84 bits per heavy atom.